The van der Waals surface area contributed by atoms with Gasteiger partial charge in [-0.25, -0.2) is 0 Å². The van der Waals surface area contributed by atoms with Crippen LogP contribution >= 0.6 is 0 Å². The van der Waals surface area contributed by atoms with Crippen LogP contribution in [0.3, 0.4) is 0 Å². The van der Waals surface area contributed by atoms with Gasteiger partial charge in [0.2, 0.25) is 17.7 Å². The summed E-state index contributed by atoms with van der Waals surface area (Å²) < 4.78 is 76.8. The van der Waals surface area contributed by atoms with Crippen LogP contribution in [-0.4, -0.2) is 358 Å². The summed E-state index contributed by atoms with van der Waals surface area (Å²) in [6.07, 6.45) is -59.5. The van der Waals surface area contributed by atoms with Gasteiger partial charge in [0, 0.05) is 20.8 Å². The molecular formula is C47H79N3O34. The molecule has 0 aromatic carbocycles. The maximum absolute atomic E-state index is 12.9. The van der Waals surface area contributed by atoms with Crippen LogP contribution in [0.4, 0.5) is 0 Å². The van der Waals surface area contributed by atoms with E-state index < -0.39 is 266 Å². The molecule has 486 valence electrons. The largest absolute Gasteiger partial charge is 0.394 e. The predicted octanol–water partition coefficient (Wildman–Crippen LogP) is -14.2. The summed E-state index contributed by atoms with van der Waals surface area (Å²) in [5.41, 5.74) is 0. The SMILES string of the molecule is CC(=O)N[C@@H]1[C@@H](O)[C@H](O[C@@H]2O[C@H](CO)[C@@H](O[C@@H]3O[C@H](CO)[C@@H](O)[C@H](O[C@H]4O[C@H](CO)[C@@H](O)[C@H](O)[C@@H]4O[C@@H]4O[C@H](CO)[C@@H](O)[C@H](O)[C@H]4NC(C)=O)[C@@H]3O[C@@H]3OC[C@@H](O)[C@H](O)[C@H]3O)[C@H](O)[C@H]2NC(C)=O)[C@@H](CO[C@@H]2O[C@@H](C)[C@@H](O)[C@@H](O)[C@@H]2O)O[C@H]1O. The molecule has 0 aliphatic carbocycles. The fourth-order valence-electron chi connectivity index (χ4n) is 10.7. The van der Waals surface area contributed by atoms with Crippen molar-refractivity contribution in [1.29, 1.82) is 0 Å². The maximum atomic E-state index is 12.9. The number of carbonyl (C=O) groups is 3. The van der Waals surface area contributed by atoms with Crippen molar-refractivity contribution in [2.24, 2.45) is 0 Å². The monoisotopic (exact) mass is 1230 g/mol. The molecule has 7 fully saturated rings. The van der Waals surface area contributed by atoms with Crippen molar-refractivity contribution < 1.29 is 168 Å². The first kappa shape index (κ1) is 68.7. The summed E-state index contributed by atoms with van der Waals surface area (Å²) in [5, 5.41) is 204. The van der Waals surface area contributed by atoms with Crippen molar-refractivity contribution in [2.45, 2.75) is 236 Å². The molecule has 84 heavy (non-hydrogen) atoms. The lowest BCUT2D eigenvalue weighted by Gasteiger charge is -2.52. The predicted molar refractivity (Wildman–Crippen MR) is 259 cm³/mol. The highest BCUT2D eigenvalue weighted by molar-refractivity contribution is 5.74. The Labute approximate surface area is 476 Å². The molecule has 7 saturated heterocycles. The minimum absolute atomic E-state index is 0.714. The number of aliphatic hydroxyl groups is 18. The van der Waals surface area contributed by atoms with E-state index in [4.69, 9.17) is 61.6 Å². The van der Waals surface area contributed by atoms with Gasteiger partial charge in [-0.1, -0.05) is 0 Å². The lowest BCUT2D eigenvalue weighted by Crippen LogP contribution is -2.71. The Bertz CT molecular complexity index is 2120. The third kappa shape index (κ3) is 15.1. The molecule has 7 aliphatic heterocycles. The van der Waals surface area contributed by atoms with E-state index in [0.29, 0.717) is 0 Å². The summed E-state index contributed by atoms with van der Waals surface area (Å²) in [5.74, 6) is -2.48. The van der Waals surface area contributed by atoms with Crippen molar-refractivity contribution in [3.63, 3.8) is 0 Å². The number of hydrogen-bond acceptors (Lipinski definition) is 34. The van der Waals surface area contributed by atoms with Gasteiger partial charge >= 0.3 is 0 Å². The molecule has 0 saturated carbocycles. The zero-order valence-electron chi connectivity index (χ0n) is 45.5. The highest BCUT2D eigenvalue weighted by atomic mass is 16.8. The summed E-state index contributed by atoms with van der Waals surface area (Å²) >= 11 is 0. The molecule has 7 rings (SSSR count). The van der Waals surface area contributed by atoms with E-state index in [1.54, 1.807) is 0 Å². The number of rotatable bonds is 20. The van der Waals surface area contributed by atoms with Crippen LogP contribution in [0.15, 0.2) is 0 Å². The third-order valence-electron chi connectivity index (χ3n) is 15.3. The number of ether oxygens (including phenoxy) is 13. The topological polar surface area (TPSA) is 571 Å². The molecule has 7 heterocycles. The number of aliphatic hydroxyl groups excluding tert-OH is 18. The van der Waals surface area contributed by atoms with Crippen molar-refractivity contribution >= 4 is 17.7 Å². The van der Waals surface area contributed by atoms with Gasteiger partial charge in [-0.3, -0.25) is 14.4 Å². The zero-order chi connectivity index (χ0) is 61.9. The summed E-state index contributed by atoms with van der Waals surface area (Å²) in [6, 6.07) is -5.22. The molecule has 0 spiro atoms. The second-order valence-corrected chi connectivity index (χ2v) is 21.3. The van der Waals surface area contributed by atoms with Crippen LogP contribution in [0.5, 0.6) is 0 Å². The molecule has 21 N–H and O–H groups in total. The molecule has 7 aliphatic rings. The number of hydrogen-bond donors (Lipinski definition) is 21. The fraction of sp³-hybridized carbons (Fsp3) is 0.936. The molecule has 0 aromatic rings. The molecule has 0 bridgehead atoms. The lowest BCUT2D eigenvalue weighted by molar-refractivity contribution is -0.408. The molecule has 0 radical (unpaired) electrons. The standard InChI is InChI=1S/C47H79N3O34/c1-11-24(59)32(67)35(70)44(74-11)73-10-20-37(30(65)21(41(71)75-20)48-12(2)55)80-43-23(50-14(4)57)31(66)36(19(8-54)79-43)81-47-40(84-45-34(69)25(60)15(58)9-72-45)38(28(63)18(7-53)78-47)82-46-39(33(68)27(62)17(6-52)77-46)83-42-22(49-13(3)56)29(64)26(61)16(5-51)76-42/h11,15-47,51-54,58-71H,5-10H2,1-4H3,(H,48,55)(H,49,56)(H,50,57)/t11-,15+,16+,17+,18+,19+,20+,21+,22+,23+,24+,25-,26+,27+,28+,29+,30+,31+,32+,33-,34+,35-,36+,37+,38-,39-,40-,41+,42-,43-,44+,45-,46+,47-/m0/s1. The zero-order valence-corrected chi connectivity index (χ0v) is 45.5. The highest BCUT2D eigenvalue weighted by Gasteiger charge is 2.59. The Morgan fingerprint density at radius 3 is 1.38 bits per heavy atom. The van der Waals surface area contributed by atoms with E-state index in [2.05, 4.69) is 16.0 Å². The Hall–Kier alpha value is -2.83. The lowest BCUT2D eigenvalue weighted by atomic mass is 9.93. The number of nitrogens with one attached hydrogen (secondary N) is 3. The number of amides is 3. The smallest absolute Gasteiger partial charge is 0.217 e. The van der Waals surface area contributed by atoms with E-state index in [1.807, 2.05) is 0 Å². The molecule has 3 amide bonds. The Morgan fingerprint density at radius 2 is 0.810 bits per heavy atom. The molecule has 0 unspecified atom stereocenters. The minimum Gasteiger partial charge on any atom is -0.394 e. The van der Waals surface area contributed by atoms with E-state index in [1.165, 1.54) is 6.92 Å². The van der Waals surface area contributed by atoms with Gasteiger partial charge in [0.1, 0.15) is 159 Å². The summed E-state index contributed by atoms with van der Waals surface area (Å²) in [7, 11) is 0. The van der Waals surface area contributed by atoms with Crippen molar-refractivity contribution in [2.75, 3.05) is 39.6 Å². The Balaban J connectivity index is 1.22. The van der Waals surface area contributed by atoms with E-state index in [-0.39, 0.29) is 0 Å². The van der Waals surface area contributed by atoms with Crippen LogP contribution < -0.4 is 16.0 Å². The van der Waals surface area contributed by atoms with Crippen LogP contribution in [0.2, 0.25) is 0 Å². The van der Waals surface area contributed by atoms with Crippen molar-refractivity contribution in [3.05, 3.63) is 0 Å². The summed E-state index contributed by atoms with van der Waals surface area (Å²) in [4.78, 5) is 37.5. The quantitative estimate of drug-likeness (QED) is 0.0538. The van der Waals surface area contributed by atoms with Gasteiger partial charge in [-0.15, -0.1) is 0 Å². The van der Waals surface area contributed by atoms with Crippen molar-refractivity contribution in [1.82, 2.24) is 16.0 Å². The Morgan fingerprint density at radius 1 is 0.381 bits per heavy atom. The first-order chi connectivity index (χ1) is 39.6. The van der Waals surface area contributed by atoms with Crippen LogP contribution in [0.1, 0.15) is 27.7 Å². The van der Waals surface area contributed by atoms with Gasteiger partial charge in [0.15, 0.2) is 44.0 Å². The molecule has 37 heteroatoms. The molecule has 0 aromatic heterocycles. The highest BCUT2D eigenvalue weighted by Crippen LogP contribution is 2.38. The van der Waals surface area contributed by atoms with Gasteiger partial charge in [0.25, 0.3) is 0 Å². The normalized spacial score (nSPS) is 49.4. The summed E-state index contributed by atoms with van der Waals surface area (Å²) in [6.45, 7) is -1.33. The van der Waals surface area contributed by atoms with Crippen LogP contribution in [0.25, 0.3) is 0 Å². The minimum atomic E-state index is -2.22. The van der Waals surface area contributed by atoms with Gasteiger partial charge in [-0.05, 0) is 6.92 Å². The second kappa shape index (κ2) is 29.7. The fourth-order valence-corrected chi connectivity index (χ4v) is 10.7. The van der Waals surface area contributed by atoms with Crippen LogP contribution in [-0.2, 0) is 76.0 Å². The van der Waals surface area contributed by atoms with E-state index in [9.17, 15) is 106 Å². The van der Waals surface area contributed by atoms with Crippen LogP contribution in [0, 0.1) is 0 Å². The van der Waals surface area contributed by atoms with Gasteiger partial charge in [-0.2, -0.15) is 0 Å². The molecule has 34 atom stereocenters. The average Bonchev–Trinajstić information content (AvgIpc) is 3.40. The second-order valence-electron chi connectivity index (χ2n) is 21.3. The molecular weight excluding hydrogens is 1150 g/mol. The number of carbonyl (C=O) groups excluding carboxylic acids is 3. The Kier molecular flexibility index (Phi) is 24.2. The first-order valence-electron chi connectivity index (χ1n) is 26.9. The van der Waals surface area contributed by atoms with E-state index >= 15 is 0 Å². The third-order valence-corrected chi connectivity index (χ3v) is 15.3. The maximum Gasteiger partial charge on any atom is 0.217 e. The van der Waals surface area contributed by atoms with Gasteiger partial charge in [0.05, 0.1) is 45.7 Å². The average molecular weight is 1230 g/mol. The van der Waals surface area contributed by atoms with Crippen molar-refractivity contribution in [3.8, 4) is 0 Å². The molecule has 37 nitrogen and oxygen atoms in total. The van der Waals surface area contributed by atoms with E-state index in [0.717, 1.165) is 20.8 Å². The first-order valence-corrected chi connectivity index (χ1v) is 26.9. The van der Waals surface area contributed by atoms with Gasteiger partial charge < -0.3 is 169 Å².